The van der Waals surface area contributed by atoms with Gasteiger partial charge in [0.2, 0.25) is 0 Å². The van der Waals surface area contributed by atoms with Crippen LogP contribution in [-0.4, -0.2) is 54.5 Å². The lowest BCUT2D eigenvalue weighted by atomic mass is 10.0. The second-order valence-electron chi connectivity index (χ2n) is 13.0. The van der Waals surface area contributed by atoms with Crippen LogP contribution in [0.3, 0.4) is 0 Å². The van der Waals surface area contributed by atoms with Crippen LogP contribution in [0, 0.1) is 0 Å². The van der Waals surface area contributed by atoms with Gasteiger partial charge in [0, 0.05) is 13.0 Å². The van der Waals surface area contributed by atoms with Gasteiger partial charge in [0.15, 0.2) is 6.10 Å². The van der Waals surface area contributed by atoms with Gasteiger partial charge in [-0.25, -0.2) is 4.57 Å². The number of nitrogens with two attached hydrogens (primary N) is 1. The predicted octanol–water partition coefficient (Wildman–Crippen LogP) is 11.1. The summed E-state index contributed by atoms with van der Waals surface area (Å²) in [5.41, 5.74) is 5.34. The molecule has 10 heteroatoms. The molecule has 4 N–H and O–H groups in total. The van der Waals surface area contributed by atoms with E-state index < -0.39 is 32.6 Å². The average molecular weight is 764 g/mol. The number of rotatable bonds is 37. The molecule has 0 aliphatic carbocycles. The van der Waals surface area contributed by atoms with E-state index in [1.165, 1.54) is 70.6 Å². The van der Waals surface area contributed by atoms with Gasteiger partial charge in [-0.1, -0.05) is 157 Å². The van der Waals surface area contributed by atoms with Crippen LogP contribution in [0.2, 0.25) is 0 Å². The third kappa shape index (κ3) is 39.0. The predicted molar refractivity (Wildman–Crippen MR) is 220 cm³/mol. The third-order valence-corrected chi connectivity index (χ3v) is 8.99. The molecule has 0 bridgehead atoms. The first-order valence-corrected chi connectivity index (χ1v) is 21.7. The van der Waals surface area contributed by atoms with Gasteiger partial charge in [-0.3, -0.25) is 13.8 Å². The first kappa shape index (κ1) is 50.5. The zero-order valence-corrected chi connectivity index (χ0v) is 34.0. The van der Waals surface area contributed by atoms with Gasteiger partial charge < -0.3 is 25.2 Å². The van der Waals surface area contributed by atoms with E-state index in [0.29, 0.717) is 0 Å². The van der Waals surface area contributed by atoms with Crippen molar-refractivity contribution < 1.29 is 37.9 Å². The average Bonchev–Trinajstić information content (AvgIpc) is 3.14. The van der Waals surface area contributed by atoms with Crippen molar-refractivity contribution in [2.45, 2.75) is 154 Å². The van der Waals surface area contributed by atoms with Crippen molar-refractivity contribution in [3.05, 3.63) is 85.3 Å². The van der Waals surface area contributed by atoms with E-state index >= 15 is 0 Å². The molecule has 53 heavy (non-hydrogen) atoms. The number of phosphoric acid groups is 1. The molecule has 0 saturated carbocycles. The Hall–Kier alpha value is -2.52. The van der Waals surface area contributed by atoms with E-state index in [4.69, 9.17) is 24.3 Å². The Balaban J connectivity index is 4.40. The highest BCUT2D eigenvalue weighted by atomic mass is 31.2. The number of carbonyl (C=O) groups excluding carboxylic acids is 1. The second kappa shape index (κ2) is 39.2. The summed E-state index contributed by atoms with van der Waals surface area (Å²) in [4.78, 5) is 22.4. The monoisotopic (exact) mass is 764 g/mol. The maximum Gasteiger partial charge on any atom is 0.472 e. The number of allylic oxidation sites excluding steroid dienone is 12. The maximum absolute atomic E-state index is 12.6. The minimum absolute atomic E-state index is 0.0526. The zero-order chi connectivity index (χ0) is 38.9. The summed E-state index contributed by atoms with van der Waals surface area (Å²) in [5.74, 6) is -0.583. The number of aliphatic hydroxyl groups is 1. The molecule has 0 amide bonds. The van der Waals surface area contributed by atoms with Crippen LogP contribution in [0.4, 0.5) is 0 Å². The smallest absolute Gasteiger partial charge is 0.472 e. The lowest BCUT2D eigenvalue weighted by Gasteiger charge is -2.19. The van der Waals surface area contributed by atoms with Gasteiger partial charge in [-0.2, -0.15) is 0 Å². The van der Waals surface area contributed by atoms with Crippen LogP contribution >= 0.6 is 7.82 Å². The molecule has 0 saturated heterocycles. The molecule has 0 fully saturated rings. The third-order valence-electron chi connectivity index (χ3n) is 8.01. The normalized spacial score (nSPS) is 15.0. The Bertz CT molecular complexity index is 1100. The molecule has 0 aliphatic heterocycles. The second-order valence-corrected chi connectivity index (χ2v) is 14.5. The number of phosphoric ester groups is 1. The van der Waals surface area contributed by atoms with Crippen LogP contribution in [0.1, 0.15) is 142 Å². The Morgan fingerprint density at radius 1 is 0.698 bits per heavy atom. The van der Waals surface area contributed by atoms with E-state index in [-0.39, 0.29) is 32.6 Å². The quantitative estimate of drug-likeness (QED) is 0.0141. The topological polar surface area (TPSA) is 138 Å². The maximum atomic E-state index is 12.6. The molecule has 0 heterocycles. The lowest BCUT2D eigenvalue weighted by Crippen LogP contribution is -2.28. The summed E-state index contributed by atoms with van der Waals surface area (Å²) in [6.45, 7) is 3.82. The fourth-order valence-electron chi connectivity index (χ4n) is 5.01. The molecule has 0 aromatic heterocycles. The van der Waals surface area contributed by atoms with Crippen LogP contribution in [-0.2, 0) is 27.9 Å². The SMILES string of the molecule is CC/C=C\C/C=C\C/C=C\C/C=C\C/C=C\C=C/C(O)CCC(=O)O[C@H](CO/C=C/CCCCCCCCCCCCCC)COP(=O)(O)OCCN. The number of carbonyl (C=O) groups is 1. The fraction of sp³-hybridized carbons (Fsp3) is 0.651. The van der Waals surface area contributed by atoms with Gasteiger partial charge in [0.1, 0.15) is 6.61 Å². The number of hydrogen-bond donors (Lipinski definition) is 3. The summed E-state index contributed by atoms with van der Waals surface area (Å²) >= 11 is 0. The van der Waals surface area contributed by atoms with Gasteiger partial charge >= 0.3 is 13.8 Å². The number of unbranched alkanes of at least 4 members (excludes halogenated alkanes) is 12. The van der Waals surface area contributed by atoms with Crippen molar-refractivity contribution in [2.75, 3.05) is 26.4 Å². The molecule has 0 aliphatic rings. The number of hydrogen-bond acceptors (Lipinski definition) is 8. The molecular formula is C43H74NO8P. The van der Waals surface area contributed by atoms with Crippen LogP contribution in [0.25, 0.3) is 0 Å². The minimum Gasteiger partial charge on any atom is -0.498 e. The molecule has 3 atom stereocenters. The van der Waals surface area contributed by atoms with Crippen LogP contribution < -0.4 is 5.73 Å². The highest BCUT2D eigenvalue weighted by Crippen LogP contribution is 2.43. The van der Waals surface area contributed by atoms with Crippen molar-refractivity contribution in [3.8, 4) is 0 Å². The molecule has 0 radical (unpaired) electrons. The summed E-state index contributed by atoms with van der Waals surface area (Å²) in [6.07, 6.45) is 47.3. The number of aliphatic hydroxyl groups excluding tert-OH is 1. The van der Waals surface area contributed by atoms with Crippen molar-refractivity contribution >= 4 is 13.8 Å². The highest BCUT2D eigenvalue weighted by molar-refractivity contribution is 7.47. The van der Waals surface area contributed by atoms with Gasteiger partial charge in [0.05, 0.1) is 25.6 Å². The fourth-order valence-corrected chi connectivity index (χ4v) is 5.78. The van der Waals surface area contributed by atoms with Crippen LogP contribution in [0.5, 0.6) is 0 Å². The lowest BCUT2D eigenvalue weighted by molar-refractivity contribution is -0.153. The van der Waals surface area contributed by atoms with E-state index in [1.807, 2.05) is 18.2 Å². The number of esters is 1. The summed E-state index contributed by atoms with van der Waals surface area (Å²) < 4.78 is 32.9. The van der Waals surface area contributed by atoms with Crippen molar-refractivity contribution in [3.63, 3.8) is 0 Å². The highest BCUT2D eigenvalue weighted by Gasteiger charge is 2.25. The van der Waals surface area contributed by atoms with E-state index in [0.717, 1.165) is 44.9 Å². The molecule has 9 nitrogen and oxygen atoms in total. The summed E-state index contributed by atoms with van der Waals surface area (Å²) in [6, 6.07) is 0. The number of ether oxygens (including phenoxy) is 2. The molecule has 304 valence electrons. The molecular weight excluding hydrogens is 689 g/mol. The standard InChI is InChI=1S/C43H74NO8P/c1-3-5-7-9-11-13-15-17-19-20-21-23-25-27-29-31-33-41(45)34-35-43(46)52-42(40-51-53(47,48)50-38-36-44)39-49-37-32-30-28-26-24-22-18-16-14-12-10-8-6-4-2/h5,7,11,13,17,19,21,23,27,29,31-33,37,41-42,45H,3-4,6,8-10,12,14-16,18,20,22,24-26,28,30,34-36,38-40,44H2,1-2H3,(H,47,48)/b7-5-,13-11-,19-17-,23-21-,29-27-,33-31-,37-32+/t41?,42-/m1/s1. The Kier molecular flexibility index (Phi) is 37.3. The molecule has 0 rings (SSSR count). The Labute approximate surface area is 322 Å². The van der Waals surface area contributed by atoms with Gasteiger partial charge in [-0.15, -0.1) is 0 Å². The minimum atomic E-state index is -4.36. The van der Waals surface area contributed by atoms with Crippen molar-refractivity contribution in [1.29, 1.82) is 0 Å². The molecule has 0 spiro atoms. The molecule has 0 aromatic rings. The van der Waals surface area contributed by atoms with E-state index in [2.05, 4.69) is 62.5 Å². The largest absolute Gasteiger partial charge is 0.498 e. The summed E-state index contributed by atoms with van der Waals surface area (Å²) in [5, 5.41) is 10.3. The molecule has 0 aromatic carbocycles. The van der Waals surface area contributed by atoms with E-state index in [9.17, 15) is 19.4 Å². The van der Waals surface area contributed by atoms with Gasteiger partial charge in [0.25, 0.3) is 0 Å². The molecule has 2 unspecified atom stereocenters. The van der Waals surface area contributed by atoms with E-state index in [1.54, 1.807) is 18.4 Å². The zero-order valence-electron chi connectivity index (χ0n) is 33.1. The Morgan fingerprint density at radius 3 is 1.81 bits per heavy atom. The Morgan fingerprint density at radius 2 is 1.25 bits per heavy atom. The van der Waals surface area contributed by atoms with Gasteiger partial charge in [-0.05, 0) is 57.4 Å². The van der Waals surface area contributed by atoms with Crippen LogP contribution in [0.15, 0.2) is 85.3 Å². The first-order valence-electron chi connectivity index (χ1n) is 20.2. The van der Waals surface area contributed by atoms with Crippen molar-refractivity contribution in [2.24, 2.45) is 5.73 Å². The first-order chi connectivity index (χ1) is 25.8. The van der Waals surface area contributed by atoms with Crippen molar-refractivity contribution in [1.82, 2.24) is 0 Å². The summed E-state index contributed by atoms with van der Waals surface area (Å²) in [7, 11) is -4.36.